The molecule has 144 valence electrons. The maximum Gasteiger partial charge on any atom is 0.280 e. The van der Waals surface area contributed by atoms with Crippen LogP contribution in [0.15, 0.2) is 36.4 Å². The summed E-state index contributed by atoms with van der Waals surface area (Å²) >= 11 is 0. The second-order valence-corrected chi connectivity index (χ2v) is 6.61. The number of fused-ring (bicyclic) bond motifs is 1. The molecule has 1 aliphatic rings. The maximum atomic E-state index is 13.3. The van der Waals surface area contributed by atoms with E-state index in [1.807, 2.05) is 13.0 Å². The lowest BCUT2D eigenvalue weighted by molar-refractivity contribution is 0.0758. The number of aryl methyl sites for hydroxylation is 1. The van der Waals surface area contributed by atoms with E-state index in [0.29, 0.717) is 30.2 Å². The van der Waals surface area contributed by atoms with E-state index < -0.39 is 6.43 Å². The Balaban J connectivity index is 1.70. The maximum absolute atomic E-state index is 13.3. The molecule has 4 heterocycles. The first-order chi connectivity index (χ1) is 13.4. The molecule has 0 spiro atoms. The Bertz CT molecular complexity index is 1060. The number of hydrogen-bond donors (Lipinski definition) is 0. The van der Waals surface area contributed by atoms with Gasteiger partial charge in [-0.15, -0.1) is 0 Å². The van der Waals surface area contributed by atoms with E-state index in [9.17, 15) is 13.6 Å². The summed E-state index contributed by atoms with van der Waals surface area (Å²) in [5.41, 5.74) is 1.50. The van der Waals surface area contributed by atoms with Gasteiger partial charge >= 0.3 is 0 Å². The van der Waals surface area contributed by atoms with E-state index in [1.165, 1.54) is 29.3 Å². The predicted molar refractivity (Wildman–Crippen MR) is 94.9 cm³/mol. The molecule has 1 aliphatic heterocycles. The molecule has 0 fully saturated rings. The van der Waals surface area contributed by atoms with E-state index in [1.54, 1.807) is 11.8 Å². The number of carbonyl (C=O) groups is 1. The smallest absolute Gasteiger partial charge is 0.280 e. The standard InChI is InChI=1S/C18H17F2N7O/c1-10-3-4-26(17(28)12-6-21-11(2)22-7-12)8-13(10)15-5-14(16(19)20)25-18-23-9-24-27(15)18/h3,5-7,9,13,16H,4,8H2,1-2H3/t13-/m1/s1. The minimum absolute atomic E-state index is 0.107. The summed E-state index contributed by atoms with van der Waals surface area (Å²) < 4.78 is 28.0. The molecule has 0 saturated heterocycles. The Morgan fingerprint density at radius 3 is 2.68 bits per heavy atom. The number of aromatic nitrogens is 6. The van der Waals surface area contributed by atoms with Gasteiger partial charge in [0.25, 0.3) is 18.1 Å². The predicted octanol–water partition coefficient (Wildman–Crippen LogP) is 2.35. The van der Waals surface area contributed by atoms with Gasteiger partial charge in [0.05, 0.1) is 11.3 Å². The molecule has 10 heteroatoms. The lowest BCUT2D eigenvalue weighted by Gasteiger charge is -2.32. The summed E-state index contributed by atoms with van der Waals surface area (Å²) in [6.07, 6.45) is 3.43. The second kappa shape index (κ2) is 7.02. The molecule has 0 N–H and O–H groups in total. The number of rotatable bonds is 3. The molecule has 3 aromatic rings. The highest BCUT2D eigenvalue weighted by molar-refractivity contribution is 5.93. The average Bonchev–Trinajstić information content (AvgIpc) is 3.16. The van der Waals surface area contributed by atoms with Crippen molar-refractivity contribution in [2.75, 3.05) is 13.1 Å². The fourth-order valence-electron chi connectivity index (χ4n) is 3.23. The minimum Gasteiger partial charge on any atom is -0.334 e. The van der Waals surface area contributed by atoms with Crippen LogP contribution in [0.5, 0.6) is 0 Å². The van der Waals surface area contributed by atoms with E-state index in [2.05, 4.69) is 25.0 Å². The molecular formula is C18H17F2N7O. The molecule has 0 saturated carbocycles. The van der Waals surface area contributed by atoms with Crippen molar-refractivity contribution in [2.24, 2.45) is 0 Å². The fraction of sp³-hybridized carbons (Fsp3) is 0.333. The van der Waals surface area contributed by atoms with Crippen LogP contribution in [0.3, 0.4) is 0 Å². The average molecular weight is 385 g/mol. The third-order valence-corrected chi connectivity index (χ3v) is 4.78. The van der Waals surface area contributed by atoms with Crippen LogP contribution in [0.25, 0.3) is 5.78 Å². The zero-order valence-electron chi connectivity index (χ0n) is 15.3. The molecule has 1 amide bonds. The van der Waals surface area contributed by atoms with Gasteiger partial charge in [-0.25, -0.2) is 28.2 Å². The van der Waals surface area contributed by atoms with Gasteiger partial charge in [0.15, 0.2) is 0 Å². The summed E-state index contributed by atoms with van der Waals surface area (Å²) in [5, 5.41) is 4.11. The monoisotopic (exact) mass is 385 g/mol. The Labute approximate surface area is 159 Å². The number of alkyl halides is 2. The zero-order chi connectivity index (χ0) is 19.8. The molecular weight excluding hydrogens is 368 g/mol. The molecule has 3 aromatic heterocycles. The Morgan fingerprint density at radius 1 is 1.21 bits per heavy atom. The van der Waals surface area contributed by atoms with Crippen molar-refractivity contribution in [1.82, 2.24) is 34.4 Å². The quantitative estimate of drug-likeness (QED) is 0.643. The van der Waals surface area contributed by atoms with E-state index in [4.69, 9.17) is 0 Å². The highest BCUT2D eigenvalue weighted by atomic mass is 19.3. The fourth-order valence-corrected chi connectivity index (χ4v) is 3.23. The second-order valence-electron chi connectivity index (χ2n) is 6.61. The first-order valence-electron chi connectivity index (χ1n) is 8.67. The number of nitrogens with zero attached hydrogens (tertiary/aromatic N) is 7. The molecule has 0 aliphatic carbocycles. The topological polar surface area (TPSA) is 89.2 Å². The minimum atomic E-state index is -2.73. The Kier molecular flexibility index (Phi) is 4.54. The van der Waals surface area contributed by atoms with Crippen LogP contribution >= 0.6 is 0 Å². The van der Waals surface area contributed by atoms with Crippen LogP contribution in [-0.2, 0) is 0 Å². The molecule has 0 bridgehead atoms. The third-order valence-electron chi connectivity index (χ3n) is 4.78. The lowest BCUT2D eigenvalue weighted by Crippen LogP contribution is -2.39. The summed E-state index contributed by atoms with van der Waals surface area (Å²) in [7, 11) is 0. The van der Waals surface area contributed by atoms with Crippen molar-refractivity contribution < 1.29 is 13.6 Å². The summed E-state index contributed by atoms with van der Waals surface area (Å²) in [6.45, 7) is 4.39. The van der Waals surface area contributed by atoms with Crippen LogP contribution < -0.4 is 0 Å². The Hall–Kier alpha value is -3.30. The molecule has 0 radical (unpaired) electrons. The molecule has 8 nitrogen and oxygen atoms in total. The Morgan fingerprint density at radius 2 is 1.96 bits per heavy atom. The number of hydrogen-bond acceptors (Lipinski definition) is 6. The van der Waals surface area contributed by atoms with Crippen molar-refractivity contribution in [2.45, 2.75) is 26.2 Å². The first kappa shape index (κ1) is 18.1. The summed E-state index contributed by atoms with van der Waals surface area (Å²) in [4.78, 5) is 30.4. The van der Waals surface area contributed by atoms with Crippen LogP contribution in [-0.4, -0.2) is 53.4 Å². The first-order valence-corrected chi connectivity index (χ1v) is 8.67. The molecule has 28 heavy (non-hydrogen) atoms. The zero-order valence-corrected chi connectivity index (χ0v) is 15.3. The molecule has 0 aromatic carbocycles. The van der Waals surface area contributed by atoms with Gasteiger partial charge in [0.1, 0.15) is 17.8 Å². The number of carbonyl (C=O) groups excluding carboxylic acids is 1. The van der Waals surface area contributed by atoms with E-state index in [-0.39, 0.29) is 23.3 Å². The molecule has 0 unspecified atom stereocenters. The van der Waals surface area contributed by atoms with Crippen LogP contribution in [0, 0.1) is 6.92 Å². The van der Waals surface area contributed by atoms with E-state index >= 15 is 0 Å². The van der Waals surface area contributed by atoms with Gasteiger partial charge in [-0.1, -0.05) is 11.6 Å². The molecule has 1 atom stereocenters. The van der Waals surface area contributed by atoms with Crippen molar-refractivity contribution in [3.05, 3.63) is 59.2 Å². The van der Waals surface area contributed by atoms with Gasteiger partial charge < -0.3 is 4.90 Å². The highest BCUT2D eigenvalue weighted by Gasteiger charge is 2.29. The van der Waals surface area contributed by atoms with Crippen molar-refractivity contribution >= 4 is 11.7 Å². The molecule has 4 rings (SSSR count). The van der Waals surface area contributed by atoms with Crippen LogP contribution in [0.2, 0.25) is 0 Å². The van der Waals surface area contributed by atoms with Crippen LogP contribution in [0.4, 0.5) is 8.78 Å². The summed E-state index contributed by atoms with van der Waals surface area (Å²) in [6, 6.07) is 1.33. The van der Waals surface area contributed by atoms with Gasteiger partial charge in [-0.3, -0.25) is 4.79 Å². The van der Waals surface area contributed by atoms with Crippen LogP contribution in [0.1, 0.15) is 46.8 Å². The van der Waals surface area contributed by atoms with Crippen molar-refractivity contribution in [3.63, 3.8) is 0 Å². The van der Waals surface area contributed by atoms with Crippen molar-refractivity contribution in [1.29, 1.82) is 0 Å². The van der Waals surface area contributed by atoms with E-state index in [0.717, 1.165) is 5.57 Å². The normalized spacial score (nSPS) is 17.2. The number of amides is 1. The largest absolute Gasteiger partial charge is 0.334 e. The number of halogens is 2. The van der Waals surface area contributed by atoms with Gasteiger partial charge in [-0.05, 0) is 19.9 Å². The summed E-state index contributed by atoms with van der Waals surface area (Å²) in [5.74, 6) is 0.158. The SMILES string of the molecule is CC1=CCN(C(=O)c2cnc(C)nc2)C[C@H]1c1cc(C(F)F)nc2ncnn12. The van der Waals surface area contributed by atoms with Crippen molar-refractivity contribution in [3.8, 4) is 0 Å². The third kappa shape index (κ3) is 3.21. The van der Waals surface area contributed by atoms with Gasteiger partial charge in [0.2, 0.25) is 0 Å². The van der Waals surface area contributed by atoms with Gasteiger partial charge in [0, 0.05) is 31.4 Å². The lowest BCUT2D eigenvalue weighted by atomic mass is 9.92. The van der Waals surface area contributed by atoms with Gasteiger partial charge in [-0.2, -0.15) is 10.1 Å². The highest BCUT2D eigenvalue weighted by Crippen LogP contribution is 2.31.